The Balaban J connectivity index is 4.73. The number of rotatable bonds is 5. The van der Waals surface area contributed by atoms with Crippen LogP contribution in [-0.2, 0) is 4.43 Å². The maximum atomic E-state index is 6.36. The molecule has 0 saturated carbocycles. The third-order valence-corrected chi connectivity index (χ3v) is 10.6. The van der Waals surface area contributed by atoms with Crippen LogP contribution in [0.5, 0.6) is 0 Å². The summed E-state index contributed by atoms with van der Waals surface area (Å²) in [6, 6.07) is 1.18. The minimum Gasteiger partial charge on any atom is -0.415 e. The second-order valence-corrected chi connectivity index (χ2v) is 15.1. The van der Waals surface area contributed by atoms with Crippen molar-refractivity contribution >= 4 is 16.4 Å². The standard InChI is InChI=1S/C11H26OSi2/c1-9-13(5,6)11(3,4)12-14(7,8)10-2/h9H,1,10H2,2-8H3. The third-order valence-electron chi connectivity index (χ3n) is 3.44. The lowest BCUT2D eigenvalue weighted by molar-refractivity contribution is 0.176. The molecule has 0 radical (unpaired) electrons. The quantitative estimate of drug-likeness (QED) is 0.649. The molecule has 0 aromatic carbocycles. The molecule has 0 atom stereocenters. The molecule has 0 amide bonds. The van der Waals surface area contributed by atoms with Gasteiger partial charge >= 0.3 is 0 Å². The molecule has 0 heterocycles. The molecule has 0 bridgehead atoms. The molecule has 14 heavy (non-hydrogen) atoms. The molecule has 0 spiro atoms. The molecule has 0 aromatic heterocycles. The zero-order valence-corrected chi connectivity index (χ0v) is 12.9. The van der Waals surface area contributed by atoms with Gasteiger partial charge in [-0.2, -0.15) is 0 Å². The van der Waals surface area contributed by atoms with Crippen molar-refractivity contribution in [1.29, 1.82) is 0 Å². The fraction of sp³-hybridized carbons (Fsp3) is 0.818. The van der Waals surface area contributed by atoms with Crippen LogP contribution in [0.2, 0.25) is 32.2 Å². The van der Waals surface area contributed by atoms with Gasteiger partial charge in [-0.3, -0.25) is 0 Å². The van der Waals surface area contributed by atoms with Crippen LogP contribution in [0.3, 0.4) is 0 Å². The summed E-state index contributed by atoms with van der Waals surface area (Å²) in [7, 11) is -2.91. The Labute approximate surface area is 91.7 Å². The molecule has 1 nitrogen and oxygen atoms in total. The molecule has 84 valence electrons. The van der Waals surface area contributed by atoms with Crippen LogP contribution >= 0.6 is 0 Å². The van der Waals surface area contributed by atoms with Crippen molar-refractivity contribution in [2.45, 2.75) is 58.2 Å². The highest BCUT2D eigenvalue weighted by Gasteiger charge is 2.41. The van der Waals surface area contributed by atoms with E-state index in [-0.39, 0.29) is 5.22 Å². The summed E-state index contributed by atoms with van der Waals surface area (Å²) in [5.74, 6) is 0. The summed E-state index contributed by atoms with van der Waals surface area (Å²) >= 11 is 0. The van der Waals surface area contributed by atoms with Crippen LogP contribution < -0.4 is 0 Å². The summed E-state index contributed by atoms with van der Waals surface area (Å²) < 4.78 is 6.36. The van der Waals surface area contributed by atoms with Crippen molar-refractivity contribution in [2.24, 2.45) is 0 Å². The topological polar surface area (TPSA) is 9.23 Å². The van der Waals surface area contributed by atoms with Crippen molar-refractivity contribution in [1.82, 2.24) is 0 Å². The van der Waals surface area contributed by atoms with Crippen molar-refractivity contribution < 1.29 is 4.43 Å². The molecule has 3 heteroatoms. The van der Waals surface area contributed by atoms with Crippen molar-refractivity contribution in [3.63, 3.8) is 0 Å². The monoisotopic (exact) mass is 230 g/mol. The molecule has 0 aromatic rings. The van der Waals surface area contributed by atoms with Crippen LogP contribution in [0.1, 0.15) is 20.8 Å². The van der Waals surface area contributed by atoms with Crippen LogP contribution in [0.4, 0.5) is 0 Å². The molecule has 0 aliphatic heterocycles. The highest BCUT2D eigenvalue weighted by molar-refractivity contribution is 6.85. The largest absolute Gasteiger partial charge is 0.415 e. The van der Waals surface area contributed by atoms with E-state index >= 15 is 0 Å². The second kappa shape index (κ2) is 4.33. The van der Waals surface area contributed by atoms with Gasteiger partial charge in [0.05, 0.1) is 0 Å². The molecule has 0 N–H and O–H groups in total. The minimum atomic E-state index is -1.45. The summed E-state index contributed by atoms with van der Waals surface area (Å²) in [4.78, 5) is 0. The lowest BCUT2D eigenvalue weighted by Gasteiger charge is -2.43. The van der Waals surface area contributed by atoms with Gasteiger partial charge in [0.2, 0.25) is 0 Å². The summed E-state index contributed by atoms with van der Waals surface area (Å²) in [5, 5.41) is 0.0144. The first-order chi connectivity index (χ1) is 6.08. The smallest absolute Gasteiger partial charge is 0.186 e. The molecule has 0 aliphatic rings. The van der Waals surface area contributed by atoms with E-state index in [1.807, 2.05) is 0 Å². The Bertz CT molecular complexity index is 207. The fourth-order valence-electron chi connectivity index (χ4n) is 1.14. The molecular weight excluding hydrogens is 204 g/mol. The van der Waals surface area contributed by atoms with Gasteiger partial charge in [-0.05, 0) is 33.0 Å². The normalized spacial score (nSPS) is 14.2. The van der Waals surface area contributed by atoms with E-state index < -0.39 is 16.4 Å². The van der Waals surface area contributed by atoms with Crippen molar-refractivity contribution in [3.8, 4) is 0 Å². The van der Waals surface area contributed by atoms with Crippen LogP contribution in [0.15, 0.2) is 12.3 Å². The Kier molecular flexibility index (Phi) is 4.37. The van der Waals surface area contributed by atoms with Gasteiger partial charge in [0.1, 0.15) is 8.07 Å². The lowest BCUT2D eigenvalue weighted by atomic mass is 10.5. The molecule has 0 fully saturated rings. The Hall–Kier alpha value is 0.134. The van der Waals surface area contributed by atoms with E-state index in [0.717, 1.165) is 0 Å². The molecule has 0 unspecified atom stereocenters. The van der Waals surface area contributed by atoms with Gasteiger partial charge in [0.15, 0.2) is 8.32 Å². The highest BCUT2D eigenvalue weighted by atomic mass is 28.4. The average Bonchev–Trinajstić information content (AvgIpc) is 2.02. The van der Waals surface area contributed by atoms with Crippen LogP contribution in [0, 0.1) is 0 Å². The van der Waals surface area contributed by atoms with E-state index in [9.17, 15) is 0 Å². The summed E-state index contributed by atoms with van der Waals surface area (Å²) in [6.45, 7) is 19.9. The van der Waals surface area contributed by atoms with Crippen LogP contribution in [0.25, 0.3) is 0 Å². The number of hydrogen-bond acceptors (Lipinski definition) is 1. The Morgan fingerprint density at radius 1 is 1.21 bits per heavy atom. The third kappa shape index (κ3) is 3.37. The van der Waals surface area contributed by atoms with Crippen LogP contribution in [-0.4, -0.2) is 21.6 Å². The first-order valence-corrected chi connectivity index (χ1v) is 11.6. The predicted molar refractivity (Wildman–Crippen MR) is 70.8 cm³/mol. The maximum Gasteiger partial charge on any atom is 0.186 e. The average molecular weight is 230 g/mol. The van der Waals surface area contributed by atoms with E-state index in [1.165, 1.54) is 6.04 Å². The van der Waals surface area contributed by atoms with Gasteiger partial charge in [0, 0.05) is 5.22 Å². The van der Waals surface area contributed by atoms with E-state index in [0.29, 0.717) is 0 Å². The van der Waals surface area contributed by atoms with E-state index in [4.69, 9.17) is 4.43 Å². The minimum absolute atomic E-state index is 0.0144. The molecular formula is C11H26OSi2. The zero-order chi connectivity index (χ0) is 11.6. The van der Waals surface area contributed by atoms with Gasteiger partial charge in [-0.1, -0.05) is 25.7 Å². The highest BCUT2D eigenvalue weighted by Crippen LogP contribution is 2.29. The van der Waals surface area contributed by atoms with Gasteiger partial charge in [0.25, 0.3) is 0 Å². The van der Waals surface area contributed by atoms with Gasteiger partial charge in [-0.15, -0.1) is 6.58 Å². The summed E-state index contributed by atoms with van der Waals surface area (Å²) in [5.41, 5.74) is 2.13. The van der Waals surface area contributed by atoms with Gasteiger partial charge < -0.3 is 4.43 Å². The van der Waals surface area contributed by atoms with Crippen molar-refractivity contribution in [2.75, 3.05) is 0 Å². The fourth-order valence-corrected chi connectivity index (χ4v) is 5.04. The first kappa shape index (κ1) is 14.1. The van der Waals surface area contributed by atoms with E-state index in [2.05, 4.69) is 59.2 Å². The molecule has 0 rings (SSSR count). The van der Waals surface area contributed by atoms with Crippen molar-refractivity contribution in [3.05, 3.63) is 12.3 Å². The maximum absolute atomic E-state index is 6.36. The zero-order valence-electron chi connectivity index (χ0n) is 10.9. The Morgan fingerprint density at radius 2 is 1.64 bits per heavy atom. The lowest BCUT2D eigenvalue weighted by Crippen LogP contribution is -2.55. The summed E-state index contributed by atoms with van der Waals surface area (Å²) in [6.07, 6.45) is 0. The SMILES string of the molecule is C=C[Si](C)(C)C(C)(C)O[Si](C)(C)CC. The first-order valence-electron chi connectivity index (χ1n) is 5.42. The van der Waals surface area contributed by atoms with Gasteiger partial charge in [-0.25, -0.2) is 0 Å². The predicted octanol–water partition coefficient (Wildman–Crippen LogP) is 3.98. The number of hydrogen-bond donors (Lipinski definition) is 0. The van der Waals surface area contributed by atoms with E-state index in [1.54, 1.807) is 0 Å². The molecule has 0 aliphatic carbocycles. The Morgan fingerprint density at radius 3 is 1.93 bits per heavy atom. The second-order valence-electron chi connectivity index (χ2n) is 5.65. The molecule has 0 saturated heterocycles.